The van der Waals surface area contributed by atoms with Gasteiger partial charge in [-0.25, -0.2) is 4.98 Å². The van der Waals surface area contributed by atoms with Gasteiger partial charge in [0.2, 0.25) is 5.78 Å². The first-order chi connectivity index (χ1) is 14.6. The van der Waals surface area contributed by atoms with Gasteiger partial charge in [0.05, 0.1) is 9.75 Å². The van der Waals surface area contributed by atoms with Gasteiger partial charge in [-0.1, -0.05) is 65.9 Å². The predicted octanol–water partition coefficient (Wildman–Crippen LogP) is 6.21. The molecule has 3 N–H and O–H groups in total. The van der Waals surface area contributed by atoms with Crippen LogP contribution in [0.4, 0.5) is 5.13 Å². The number of nitrogen functional groups attached to an aromatic ring is 1. The number of phenolic OH excluding ortho intramolecular Hbond substituents is 1. The number of hydrogen-bond acceptors (Lipinski definition) is 6. The van der Waals surface area contributed by atoms with Crippen molar-refractivity contribution in [1.29, 1.82) is 0 Å². The molecule has 146 valence electrons. The molecule has 0 radical (unpaired) electrons. The smallest absolute Gasteiger partial charge is 0.203 e. The molecule has 0 fully saturated rings. The highest BCUT2D eigenvalue weighted by atomic mass is 32.1. The third-order valence-corrected chi connectivity index (χ3v) is 6.92. The minimum absolute atomic E-state index is 0.0226. The molecule has 5 aromatic rings. The molecular formula is C24H16N2O2S2. The normalized spacial score (nSPS) is 11.1. The third-order valence-electron chi connectivity index (χ3n) is 4.90. The van der Waals surface area contributed by atoms with Crippen LogP contribution in [0.1, 0.15) is 15.2 Å². The minimum atomic E-state index is -0.0226. The second-order valence-corrected chi connectivity index (χ2v) is 8.94. The summed E-state index contributed by atoms with van der Waals surface area (Å²) in [5.41, 5.74) is 9.27. The topological polar surface area (TPSA) is 76.2 Å². The lowest BCUT2D eigenvalue weighted by molar-refractivity contribution is 0.104. The first-order valence-electron chi connectivity index (χ1n) is 9.27. The second kappa shape index (κ2) is 7.40. The van der Waals surface area contributed by atoms with Crippen molar-refractivity contribution in [3.05, 3.63) is 89.4 Å². The molecule has 0 saturated heterocycles. The molecule has 2 aromatic heterocycles. The Morgan fingerprint density at radius 2 is 1.63 bits per heavy atom. The number of anilines is 1. The summed E-state index contributed by atoms with van der Waals surface area (Å²) in [5, 5.41) is 11.4. The predicted molar refractivity (Wildman–Crippen MR) is 124 cm³/mol. The van der Waals surface area contributed by atoms with E-state index in [1.165, 1.54) is 22.7 Å². The number of aromatic hydroxyl groups is 1. The van der Waals surface area contributed by atoms with E-state index >= 15 is 0 Å². The summed E-state index contributed by atoms with van der Waals surface area (Å²) in [6, 6.07) is 22.6. The SMILES string of the molecule is Nc1ncc(-c2ccc(-c3c(C(=O)c4ccccc4)sc4cc(O)ccc34)cc2)s1. The molecule has 0 bridgehead atoms. The number of fused-ring (bicyclic) bond motifs is 1. The van der Waals surface area contributed by atoms with Crippen LogP contribution in [0.15, 0.2) is 79.0 Å². The molecule has 0 aliphatic rings. The van der Waals surface area contributed by atoms with Crippen molar-refractivity contribution in [3.8, 4) is 27.3 Å². The average molecular weight is 429 g/mol. The molecule has 0 aliphatic carbocycles. The first-order valence-corrected chi connectivity index (χ1v) is 10.9. The Morgan fingerprint density at radius 3 is 2.33 bits per heavy atom. The van der Waals surface area contributed by atoms with E-state index in [0.717, 1.165) is 31.7 Å². The van der Waals surface area contributed by atoms with Crippen molar-refractivity contribution in [2.45, 2.75) is 0 Å². The average Bonchev–Trinajstić information content (AvgIpc) is 3.37. The molecule has 0 spiro atoms. The zero-order chi connectivity index (χ0) is 20.7. The zero-order valence-electron chi connectivity index (χ0n) is 15.7. The molecular weight excluding hydrogens is 412 g/mol. The summed E-state index contributed by atoms with van der Waals surface area (Å²) in [5.74, 6) is 0.165. The van der Waals surface area contributed by atoms with E-state index in [0.29, 0.717) is 15.6 Å². The van der Waals surface area contributed by atoms with Crippen LogP contribution < -0.4 is 5.73 Å². The number of nitrogens with zero attached hydrogens (tertiary/aromatic N) is 1. The number of rotatable bonds is 4. The second-order valence-electron chi connectivity index (χ2n) is 6.82. The zero-order valence-corrected chi connectivity index (χ0v) is 17.3. The first kappa shape index (κ1) is 18.5. The Bertz CT molecular complexity index is 1370. The molecule has 6 heteroatoms. The lowest BCUT2D eigenvalue weighted by Crippen LogP contribution is -2.00. The Balaban J connectivity index is 1.66. The number of hydrogen-bond donors (Lipinski definition) is 2. The largest absolute Gasteiger partial charge is 0.508 e. The number of thiazole rings is 1. The van der Waals surface area contributed by atoms with E-state index < -0.39 is 0 Å². The highest BCUT2D eigenvalue weighted by molar-refractivity contribution is 7.21. The van der Waals surface area contributed by atoms with E-state index in [4.69, 9.17) is 5.73 Å². The van der Waals surface area contributed by atoms with Crippen molar-refractivity contribution in [2.24, 2.45) is 0 Å². The van der Waals surface area contributed by atoms with Crippen LogP contribution in [0.5, 0.6) is 5.75 Å². The molecule has 0 amide bonds. The monoisotopic (exact) mass is 428 g/mol. The van der Waals surface area contributed by atoms with Gasteiger partial charge in [-0.15, -0.1) is 11.3 Å². The summed E-state index contributed by atoms with van der Waals surface area (Å²) in [4.78, 5) is 19.1. The van der Waals surface area contributed by atoms with Crippen LogP contribution in [0.2, 0.25) is 0 Å². The number of thiophene rings is 1. The maximum Gasteiger partial charge on any atom is 0.203 e. The van der Waals surface area contributed by atoms with Crippen LogP contribution in [0, 0.1) is 0 Å². The van der Waals surface area contributed by atoms with Gasteiger partial charge >= 0.3 is 0 Å². The number of ketones is 1. The molecule has 4 nitrogen and oxygen atoms in total. The summed E-state index contributed by atoms with van der Waals surface area (Å²) in [7, 11) is 0. The molecule has 2 heterocycles. The van der Waals surface area contributed by atoms with Gasteiger partial charge in [0.25, 0.3) is 0 Å². The van der Waals surface area contributed by atoms with Crippen molar-refractivity contribution in [3.63, 3.8) is 0 Å². The van der Waals surface area contributed by atoms with E-state index in [2.05, 4.69) is 4.98 Å². The van der Waals surface area contributed by atoms with Crippen molar-refractivity contribution in [1.82, 2.24) is 4.98 Å². The Hall–Kier alpha value is -3.48. The standard InChI is InChI=1S/C24H16N2O2S2/c25-24-26-13-20(30-24)14-6-8-15(9-7-14)21-18-11-10-17(27)12-19(18)29-23(21)22(28)16-4-2-1-3-5-16/h1-13,27H,(H2,25,26). The van der Waals surface area contributed by atoms with Gasteiger partial charge in [0.1, 0.15) is 5.75 Å². The van der Waals surface area contributed by atoms with Gasteiger partial charge in [-0.3, -0.25) is 4.79 Å². The fourth-order valence-corrected chi connectivity index (χ4v) is 5.38. The quantitative estimate of drug-likeness (QED) is 0.334. The van der Waals surface area contributed by atoms with Crippen molar-refractivity contribution >= 4 is 43.7 Å². The Morgan fingerprint density at radius 1 is 0.900 bits per heavy atom. The summed E-state index contributed by atoms with van der Waals surface area (Å²) < 4.78 is 0.878. The maximum absolute atomic E-state index is 13.3. The lowest BCUT2D eigenvalue weighted by Gasteiger charge is -2.06. The fourth-order valence-electron chi connectivity index (χ4n) is 3.47. The van der Waals surface area contributed by atoms with Gasteiger partial charge in [-0.05, 0) is 29.3 Å². The molecule has 3 aromatic carbocycles. The number of carbonyl (C=O) groups is 1. The summed E-state index contributed by atoms with van der Waals surface area (Å²) >= 11 is 2.85. The third kappa shape index (κ3) is 3.26. The van der Waals surface area contributed by atoms with Crippen LogP contribution >= 0.6 is 22.7 Å². The number of phenols is 1. The van der Waals surface area contributed by atoms with Gasteiger partial charge in [0.15, 0.2) is 5.13 Å². The van der Waals surface area contributed by atoms with Crippen molar-refractivity contribution in [2.75, 3.05) is 5.73 Å². The van der Waals surface area contributed by atoms with Crippen LogP contribution in [-0.2, 0) is 0 Å². The van der Waals surface area contributed by atoms with Gasteiger partial charge in [0, 0.05) is 27.4 Å². The molecule has 0 aliphatic heterocycles. The van der Waals surface area contributed by atoms with E-state index in [1.807, 2.05) is 60.7 Å². The van der Waals surface area contributed by atoms with Gasteiger partial charge in [-0.2, -0.15) is 0 Å². The van der Waals surface area contributed by atoms with Crippen LogP contribution in [0.25, 0.3) is 31.7 Å². The fraction of sp³-hybridized carbons (Fsp3) is 0. The summed E-state index contributed by atoms with van der Waals surface area (Å²) in [6.07, 6.45) is 1.77. The number of nitrogens with two attached hydrogens (primary N) is 1. The summed E-state index contributed by atoms with van der Waals surface area (Å²) in [6.45, 7) is 0. The maximum atomic E-state index is 13.3. The minimum Gasteiger partial charge on any atom is -0.508 e. The Kier molecular flexibility index (Phi) is 4.58. The molecule has 30 heavy (non-hydrogen) atoms. The van der Waals surface area contributed by atoms with E-state index in [-0.39, 0.29) is 11.5 Å². The highest BCUT2D eigenvalue weighted by Gasteiger charge is 2.21. The van der Waals surface area contributed by atoms with E-state index in [1.54, 1.807) is 18.3 Å². The van der Waals surface area contributed by atoms with Crippen LogP contribution in [0.3, 0.4) is 0 Å². The molecule has 0 atom stereocenters. The van der Waals surface area contributed by atoms with E-state index in [9.17, 15) is 9.90 Å². The van der Waals surface area contributed by atoms with Crippen LogP contribution in [-0.4, -0.2) is 15.9 Å². The number of benzene rings is 3. The molecule has 0 unspecified atom stereocenters. The Labute approximate surface area is 180 Å². The molecule has 5 rings (SSSR count). The number of carbonyl (C=O) groups excluding carboxylic acids is 1. The molecule has 0 saturated carbocycles. The lowest BCUT2D eigenvalue weighted by atomic mass is 9.97. The number of aromatic nitrogens is 1. The van der Waals surface area contributed by atoms with Gasteiger partial charge < -0.3 is 10.8 Å². The highest BCUT2D eigenvalue weighted by Crippen LogP contribution is 2.42. The van der Waals surface area contributed by atoms with Crippen molar-refractivity contribution < 1.29 is 9.90 Å².